The van der Waals surface area contributed by atoms with Crippen LogP contribution >= 0.6 is 0 Å². The van der Waals surface area contributed by atoms with Crippen LogP contribution in [-0.4, -0.2) is 72.7 Å². The van der Waals surface area contributed by atoms with Gasteiger partial charge in [0, 0.05) is 43.4 Å². The lowest BCUT2D eigenvalue weighted by molar-refractivity contribution is -0.122. The first kappa shape index (κ1) is 19.2. The van der Waals surface area contributed by atoms with Crippen molar-refractivity contribution < 1.29 is 9.90 Å². The van der Waals surface area contributed by atoms with E-state index in [-0.39, 0.29) is 6.47 Å². The van der Waals surface area contributed by atoms with E-state index in [0.29, 0.717) is 0 Å². The number of likely N-dealkylation sites (tertiary alicyclic amines) is 1. The van der Waals surface area contributed by atoms with Crippen molar-refractivity contribution in [3.8, 4) is 0 Å². The summed E-state index contributed by atoms with van der Waals surface area (Å²) in [5.41, 5.74) is 2.77. The third-order valence-corrected chi connectivity index (χ3v) is 6.33. The molecule has 5 nitrogen and oxygen atoms in total. The Morgan fingerprint density at radius 3 is 2.12 bits per heavy atom. The van der Waals surface area contributed by atoms with Gasteiger partial charge in [-0.1, -0.05) is 17.7 Å². The van der Waals surface area contributed by atoms with Crippen molar-refractivity contribution in [3.63, 3.8) is 0 Å². The second kappa shape index (κ2) is 8.87. The van der Waals surface area contributed by atoms with Gasteiger partial charge in [-0.2, -0.15) is 0 Å². The fraction of sp³-hybridized carbons (Fsp3) is 0.667. The molecule has 2 bridgehead atoms. The molecule has 1 aromatic rings. The second-order valence-corrected chi connectivity index (χ2v) is 8.04. The van der Waals surface area contributed by atoms with Gasteiger partial charge in [0.25, 0.3) is 6.47 Å². The Bertz CT molecular complexity index is 569. The van der Waals surface area contributed by atoms with Crippen molar-refractivity contribution in [2.24, 2.45) is 0 Å². The third kappa shape index (κ3) is 4.38. The summed E-state index contributed by atoms with van der Waals surface area (Å²) < 4.78 is 0. The zero-order valence-corrected chi connectivity index (χ0v) is 16.2. The Kier molecular flexibility index (Phi) is 6.54. The summed E-state index contributed by atoms with van der Waals surface area (Å²) in [6.45, 7) is 6.94. The smallest absolute Gasteiger partial charge is 0.290 e. The van der Waals surface area contributed by atoms with Crippen LogP contribution in [0.2, 0.25) is 0 Å². The van der Waals surface area contributed by atoms with E-state index in [9.17, 15) is 0 Å². The van der Waals surface area contributed by atoms with Gasteiger partial charge in [-0.25, -0.2) is 0 Å². The van der Waals surface area contributed by atoms with Crippen LogP contribution < -0.4 is 4.90 Å². The van der Waals surface area contributed by atoms with Gasteiger partial charge in [0.2, 0.25) is 0 Å². The minimum Gasteiger partial charge on any atom is -0.483 e. The summed E-state index contributed by atoms with van der Waals surface area (Å²) in [7, 11) is 2.30. The van der Waals surface area contributed by atoms with E-state index in [0.717, 1.165) is 18.1 Å². The molecule has 0 aliphatic carbocycles. The summed E-state index contributed by atoms with van der Waals surface area (Å²) in [6, 6.07) is 11.6. The van der Waals surface area contributed by atoms with E-state index in [2.05, 4.69) is 52.9 Å². The van der Waals surface area contributed by atoms with Gasteiger partial charge in [0.05, 0.1) is 0 Å². The zero-order chi connectivity index (χ0) is 18.5. The van der Waals surface area contributed by atoms with Gasteiger partial charge < -0.3 is 14.9 Å². The molecule has 0 amide bonds. The van der Waals surface area contributed by atoms with Crippen molar-refractivity contribution in [3.05, 3.63) is 29.8 Å². The van der Waals surface area contributed by atoms with Crippen LogP contribution in [0.15, 0.2) is 24.3 Å². The molecule has 26 heavy (non-hydrogen) atoms. The Morgan fingerprint density at radius 2 is 1.46 bits per heavy atom. The highest BCUT2D eigenvalue weighted by Crippen LogP contribution is 2.35. The maximum Gasteiger partial charge on any atom is 0.290 e. The monoisotopic (exact) mass is 359 g/mol. The lowest BCUT2D eigenvalue weighted by Crippen LogP contribution is -2.50. The van der Waals surface area contributed by atoms with Crippen LogP contribution in [0.25, 0.3) is 0 Å². The SMILES string of the molecule is Cc1ccc(N2CCC(N3[C@@H]4CC[C@H]3CN(C)CC4)CC2)cc1.O=CO. The van der Waals surface area contributed by atoms with Gasteiger partial charge in [-0.05, 0) is 64.8 Å². The predicted octanol–water partition coefficient (Wildman–Crippen LogP) is 2.83. The first-order valence-electron chi connectivity index (χ1n) is 9.98. The van der Waals surface area contributed by atoms with Crippen LogP contribution in [0.3, 0.4) is 0 Å². The lowest BCUT2D eigenvalue weighted by atomic mass is 10.00. The molecule has 3 fully saturated rings. The number of likely N-dealkylation sites (N-methyl/N-ethyl adjacent to an activating group) is 1. The molecule has 5 heteroatoms. The number of aryl methyl sites for hydroxylation is 1. The average molecular weight is 360 g/mol. The Hall–Kier alpha value is -1.59. The molecule has 3 saturated heterocycles. The van der Waals surface area contributed by atoms with E-state index >= 15 is 0 Å². The van der Waals surface area contributed by atoms with Gasteiger partial charge in [-0.15, -0.1) is 0 Å². The molecule has 1 aromatic carbocycles. The van der Waals surface area contributed by atoms with E-state index < -0.39 is 0 Å². The Labute approximate surface area is 157 Å². The number of anilines is 1. The van der Waals surface area contributed by atoms with Crippen LogP contribution in [0, 0.1) is 6.92 Å². The number of rotatable bonds is 2. The molecule has 2 atom stereocenters. The minimum absolute atomic E-state index is 0.250. The van der Waals surface area contributed by atoms with E-state index in [1.165, 1.54) is 69.5 Å². The Morgan fingerprint density at radius 1 is 0.923 bits per heavy atom. The number of fused-ring (bicyclic) bond motifs is 2. The molecule has 1 N–H and O–H groups in total. The summed E-state index contributed by atoms with van der Waals surface area (Å²) >= 11 is 0. The van der Waals surface area contributed by atoms with Crippen molar-refractivity contribution in [2.45, 2.75) is 57.2 Å². The predicted molar refractivity (Wildman–Crippen MR) is 106 cm³/mol. The highest BCUT2D eigenvalue weighted by molar-refractivity contribution is 5.47. The topological polar surface area (TPSA) is 47.0 Å². The number of carbonyl (C=O) groups is 1. The maximum absolute atomic E-state index is 8.36. The van der Waals surface area contributed by atoms with Gasteiger partial charge in [0.1, 0.15) is 0 Å². The van der Waals surface area contributed by atoms with Crippen molar-refractivity contribution >= 4 is 12.2 Å². The van der Waals surface area contributed by atoms with Gasteiger partial charge >= 0.3 is 0 Å². The van der Waals surface area contributed by atoms with Crippen LogP contribution in [0.5, 0.6) is 0 Å². The summed E-state index contributed by atoms with van der Waals surface area (Å²) in [6.07, 6.45) is 6.92. The molecular weight excluding hydrogens is 326 g/mol. The fourth-order valence-corrected chi connectivity index (χ4v) is 5.05. The standard InChI is InChI=1S/C20H31N3.CH2O2/c1-16-3-5-17(6-4-16)22-13-10-19(11-14-22)23-18-7-8-20(23)15-21(2)12-9-18;2-1-3/h3-6,18-20H,7-15H2,1-2H3;1H,(H,2,3)/t18-,20+;/m1./s1. The number of nitrogens with zero attached hydrogens (tertiary/aromatic N) is 3. The molecule has 4 rings (SSSR count). The van der Waals surface area contributed by atoms with E-state index in [1.807, 2.05) is 0 Å². The number of piperidine rings is 1. The van der Waals surface area contributed by atoms with Crippen LogP contribution in [-0.2, 0) is 4.79 Å². The molecular formula is C21H33N3O2. The number of hydrogen-bond acceptors (Lipinski definition) is 4. The molecule has 3 aliphatic rings. The second-order valence-electron chi connectivity index (χ2n) is 8.04. The summed E-state index contributed by atoms with van der Waals surface area (Å²) in [5, 5.41) is 6.89. The van der Waals surface area contributed by atoms with Crippen molar-refractivity contribution in [1.29, 1.82) is 0 Å². The lowest BCUT2D eigenvalue weighted by Gasteiger charge is -2.42. The summed E-state index contributed by atoms with van der Waals surface area (Å²) in [4.78, 5) is 16.4. The minimum atomic E-state index is -0.250. The molecule has 3 aliphatic heterocycles. The quantitative estimate of drug-likeness (QED) is 0.823. The number of carboxylic acid groups (broad SMARTS) is 1. The van der Waals surface area contributed by atoms with E-state index in [1.54, 1.807) is 0 Å². The molecule has 0 unspecified atom stereocenters. The zero-order valence-electron chi connectivity index (χ0n) is 16.2. The van der Waals surface area contributed by atoms with Gasteiger partial charge in [-0.3, -0.25) is 9.69 Å². The molecule has 144 valence electrons. The maximum atomic E-state index is 8.36. The van der Waals surface area contributed by atoms with Crippen molar-refractivity contribution in [1.82, 2.24) is 9.80 Å². The first-order chi connectivity index (χ1) is 12.6. The van der Waals surface area contributed by atoms with Gasteiger partial charge in [0.15, 0.2) is 0 Å². The normalized spacial score (nSPS) is 27.5. The van der Waals surface area contributed by atoms with E-state index in [4.69, 9.17) is 9.90 Å². The first-order valence-corrected chi connectivity index (χ1v) is 9.98. The highest BCUT2D eigenvalue weighted by atomic mass is 16.3. The molecule has 0 saturated carbocycles. The van der Waals surface area contributed by atoms with Crippen LogP contribution in [0.1, 0.15) is 37.7 Å². The molecule has 0 radical (unpaired) electrons. The largest absolute Gasteiger partial charge is 0.483 e. The average Bonchev–Trinajstić information content (AvgIpc) is 2.95. The fourth-order valence-electron chi connectivity index (χ4n) is 5.05. The number of benzene rings is 1. The van der Waals surface area contributed by atoms with Crippen molar-refractivity contribution in [2.75, 3.05) is 38.1 Å². The molecule has 3 heterocycles. The summed E-state index contributed by atoms with van der Waals surface area (Å²) in [5.74, 6) is 0. The Balaban J connectivity index is 0.000000613. The number of hydrogen-bond donors (Lipinski definition) is 1. The highest BCUT2D eigenvalue weighted by Gasteiger charge is 2.40. The third-order valence-electron chi connectivity index (χ3n) is 6.33. The molecule has 0 spiro atoms. The molecule has 0 aromatic heterocycles. The van der Waals surface area contributed by atoms with Crippen LogP contribution in [0.4, 0.5) is 5.69 Å².